The van der Waals surface area contributed by atoms with E-state index in [1.165, 1.54) is 11.8 Å². The van der Waals surface area contributed by atoms with Crippen molar-refractivity contribution in [2.75, 3.05) is 19.0 Å². The molecule has 0 radical (unpaired) electrons. The van der Waals surface area contributed by atoms with Gasteiger partial charge in [-0.2, -0.15) is 5.10 Å². The fourth-order valence-electron chi connectivity index (χ4n) is 2.13. The second-order valence-corrected chi connectivity index (χ2v) is 4.42. The number of ether oxygens (including phenoxy) is 2. The number of carbonyl (C=O) groups excluding carboxylic acids is 2. The van der Waals surface area contributed by atoms with Gasteiger partial charge >= 0.3 is 5.97 Å². The number of nitrogens with one attached hydrogen (secondary N) is 1. The van der Waals surface area contributed by atoms with Crippen molar-refractivity contribution >= 4 is 17.7 Å². The first-order chi connectivity index (χ1) is 9.04. The second kappa shape index (κ2) is 5.40. The molecule has 19 heavy (non-hydrogen) atoms. The Morgan fingerprint density at radius 2 is 2.26 bits per heavy atom. The lowest BCUT2D eigenvalue weighted by atomic mass is 10.2. The molecule has 0 aromatic carbocycles. The molecule has 1 aromatic rings. The Morgan fingerprint density at radius 3 is 2.84 bits per heavy atom. The molecule has 1 aliphatic rings. The van der Waals surface area contributed by atoms with E-state index < -0.39 is 12.1 Å². The Labute approximate surface area is 110 Å². The fourth-order valence-corrected chi connectivity index (χ4v) is 2.13. The molecule has 104 valence electrons. The maximum Gasteiger partial charge on any atom is 0.343 e. The van der Waals surface area contributed by atoms with Gasteiger partial charge in [0, 0.05) is 13.7 Å². The molecule has 2 rings (SSSR count). The van der Waals surface area contributed by atoms with Gasteiger partial charge in [-0.3, -0.25) is 9.48 Å². The molecule has 7 heteroatoms. The Bertz CT molecular complexity index is 503. The van der Waals surface area contributed by atoms with Crippen LogP contribution in [0.1, 0.15) is 28.9 Å². The molecular weight excluding hydrogens is 250 g/mol. The number of esters is 1. The number of nitrogens with zero attached hydrogens (tertiary/aromatic N) is 2. The number of methoxy groups -OCH3 is 1. The van der Waals surface area contributed by atoms with Gasteiger partial charge in [0.1, 0.15) is 17.5 Å². The number of aryl methyl sites for hydroxylation is 2. The van der Waals surface area contributed by atoms with Gasteiger partial charge < -0.3 is 14.8 Å². The molecule has 0 aliphatic carbocycles. The Hall–Kier alpha value is -1.89. The first-order valence-corrected chi connectivity index (χ1v) is 6.09. The summed E-state index contributed by atoms with van der Waals surface area (Å²) < 4.78 is 11.5. The van der Waals surface area contributed by atoms with Crippen LogP contribution in [0.15, 0.2) is 0 Å². The minimum absolute atomic E-state index is 0.259. The first kappa shape index (κ1) is 13.5. The van der Waals surface area contributed by atoms with E-state index in [0.717, 1.165) is 6.42 Å². The summed E-state index contributed by atoms with van der Waals surface area (Å²) in [6, 6.07) is 0. The lowest BCUT2D eigenvalue weighted by Gasteiger charge is -2.11. The number of hydrogen-bond donors (Lipinski definition) is 1. The summed E-state index contributed by atoms with van der Waals surface area (Å²) in [5.74, 6) is -0.441. The zero-order chi connectivity index (χ0) is 14.0. The largest absolute Gasteiger partial charge is 0.465 e. The van der Waals surface area contributed by atoms with E-state index in [9.17, 15) is 9.59 Å². The fraction of sp³-hybridized carbons (Fsp3) is 0.583. The van der Waals surface area contributed by atoms with Crippen molar-refractivity contribution in [2.45, 2.75) is 25.9 Å². The van der Waals surface area contributed by atoms with E-state index in [4.69, 9.17) is 9.47 Å². The Balaban J connectivity index is 2.23. The van der Waals surface area contributed by atoms with Crippen molar-refractivity contribution in [2.24, 2.45) is 7.05 Å². The molecule has 1 aromatic heterocycles. The van der Waals surface area contributed by atoms with Crippen LogP contribution in [0.5, 0.6) is 0 Å². The van der Waals surface area contributed by atoms with Crippen LogP contribution in [-0.4, -0.2) is 41.5 Å². The molecule has 0 unspecified atom stereocenters. The normalized spacial score (nSPS) is 18.4. The predicted octanol–water partition coefficient (Wildman–Crippen LogP) is 0.633. The van der Waals surface area contributed by atoms with Crippen LogP contribution in [0.3, 0.4) is 0 Å². The molecule has 1 aliphatic heterocycles. The standard InChI is InChI=1S/C12H17N3O4/c1-7-9(12(17)18-3)10(15(2)14-7)13-11(16)8-5-4-6-19-8/h8H,4-6H2,1-3H3,(H,13,16)/t8-/m1/s1. The number of carbonyl (C=O) groups is 2. The van der Waals surface area contributed by atoms with Crippen molar-refractivity contribution < 1.29 is 19.1 Å². The molecule has 1 amide bonds. The van der Waals surface area contributed by atoms with E-state index >= 15 is 0 Å². The van der Waals surface area contributed by atoms with Crippen LogP contribution in [0.25, 0.3) is 0 Å². The van der Waals surface area contributed by atoms with Crippen LogP contribution in [0, 0.1) is 6.92 Å². The van der Waals surface area contributed by atoms with Gasteiger partial charge in [-0.25, -0.2) is 4.79 Å². The number of hydrogen-bond acceptors (Lipinski definition) is 5. The Kier molecular flexibility index (Phi) is 3.84. The number of anilines is 1. The van der Waals surface area contributed by atoms with Gasteiger partial charge in [0.25, 0.3) is 5.91 Å². The maximum atomic E-state index is 12.0. The SMILES string of the molecule is COC(=O)c1c(C)nn(C)c1NC(=O)[C@H]1CCCO1. The third-order valence-corrected chi connectivity index (χ3v) is 3.08. The first-order valence-electron chi connectivity index (χ1n) is 6.09. The third kappa shape index (κ3) is 2.60. The van der Waals surface area contributed by atoms with Gasteiger partial charge in [0.15, 0.2) is 0 Å². The van der Waals surface area contributed by atoms with Crippen molar-refractivity contribution in [3.05, 3.63) is 11.3 Å². The van der Waals surface area contributed by atoms with Crippen molar-refractivity contribution in [1.82, 2.24) is 9.78 Å². The summed E-state index contributed by atoms with van der Waals surface area (Å²) in [6.07, 6.45) is 1.10. The minimum Gasteiger partial charge on any atom is -0.465 e. The lowest BCUT2D eigenvalue weighted by Crippen LogP contribution is -2.28. The highest BCUT2D eigenvalue weighted by Crippen LogP contribution is 2.21. The summed E-state index contributed by atoms with van der Waals surface area (Å²) >= 11 is 0. The molecule has 0 saturated carbocycles. The topological polar surface area (TPSA) is 82.5 Å². The van der Waals surface area contributed by atoms with Crippen LogP contribution in [0.2, 0.25) is 0 Å². The molecule has 1 fully saturated rings. The smallest absolute Gasteiger partial charge is 0.343 e. The van der Waals surface area contributed by atoms with E-state index in [2.05, 4.69) is 10.4 Å². The summed E-state index contributed by atoms with van der Waals surface area (Å²) in [7, 11) is 2.95. The molecule has 1 saturated heterocycles. The number of amides is 1. The Morgan fingerprint density at radius 1 is 1.53 bits per heavy atom. The van der Waals surface area contributed by atoms with E-state index in [1.54, 1.807) is 14.0 Å². The van der Waals surface area contributed by atoms with Crippen molar-refractivity contribution in [3.63, 3.8) is 0 Å². The third-order valence-electron chi connectivity index (χ3n) is 3.08. The van der Waals surface area contributed by atoms with Gasteiger partial charge in [0.2, 0.25) is 0 Å². The zero-order valence-corrected chi connectivity index (χ0v) is 11.2. The molecule has 2 heterocycles. The van der Waals surface area contributed by atoms with Gasteiger partial charge in [-0.05, 0) is 19.8 Å². The average Bonchev–Trinajstić information content (AvgIpc) is 2.98. The molecule has 7 nitrogen and oxygen atoms in total. The predicted molar refractivity (Wildman–Crippen MR) is 66.9 cm³/mol. The van der Waals surface area contributed by atoms with Crippen LogP contribution in [0.4, 0.5) is 5.82 Å². The molecular formula is C12H17N3O4. The highest BCUT2D eigenvalue weighted by atomic mass is 16.5. The van der Waals surface area contributed by atoms with Crippen molar-refractivity contribution in [1.29, 1.82) is 0 Å². The maximum absolute atomic E-state index is 12.0. The average molecular weight is 267 g/mol. The molecule has 0 bridgehead atoms. The highest BCUT2D eigenvalue weighted by Gasteiger charge is 2.28. The zero-order valence-electron chi connectivity index (χ0n) is 11.2. The highest BCUT2D eigenvalue weighted by molar-refractivity contribution is 6.02. The minimum atomic E-state index is -0.520. The summed E-state index contributed by atoms with van der Waals surface area (Å²) in [5, 5.41) is 6.81. The van der Waals surface area contributed by atoms with Crippen LogP contribution in [-0.2, 0) is 21.3 Å². The van der Waals surface area contributed by atoms with E-state index in [1.807, 2.05) is 0 Å². The van der Waals surface area contributed by atoms with Gasteiger partial charge in [-0.15, -0.1) is 0 Å². The molecule has 1 N–H and O–H groups in total. The lowest BCUT2D eigenvalue weighted by molar-refractivity contribution is -0.124. The van der Waals surface area contributed by atoms with Gasteiger partial charge in [-0.1, -0.05) is 0 Å². The molecule has 0 spiro atoms. The molecule has 1 atom stereocenters. The summed E-state index contributed by atoms with van der Waals surface area (Å²) in [5.41, 5.74) is 0.785. The van der Waals surface area contributed by atoms with Crippen LogP contribution < -0.4 is 5.32 Å². The monoisotopic (exact) mass is 267 g/mol. The summed E-state index contributed by atoms with van der Waals surface area (Å²) in [6.45, 7) is 2.28. The second-order valence-electron chi connectivity index (χ2n) is 4.42. The van der Waals surface area contributed by atoms with Crippen LogP contribution >= 0.6 is 0 Å². The van der Waals surface area contributed by atoms with Crippen molar-refractivity contribution in [3.8, 4) is 0 Å². The number of aromatic nitrogens is 2. The van der Waals surface area contributed by atoms with E-state index in [0.29, 0.717) is 24.5 Å². The number of rotatable bonds is 3. The van der Waals surface area contributed by atoms with E-state index in [-0.39, 0.29) is 11.5 Å². The van der Waals surface area contributed by atoms with Gasteiger partial charge in [0.05, 0.1) is 12.8 Å². The quantitative estimate of drug-likeness (QED) is 0.812. The summed E-state index contributed by atoms with van der Waals surface area (Å²) in [4.78, 5) is 23.7.